The molecule has 0 aliphatic carbocycles. The Balaban J connectivity index is 1.63. The van der Waals surface area contributed by atoms with Gasteiger partial charge in [0, 0.05) is 0 Å². The molecular formula is C36H65. The van der Waals surface area contributed by atoms with E-state index < -0.39 is 0 Å². The Labute approximate surface area is 228 Å². The number of benzene rings is 1. The lowest BCUT2D eigenvalue weighted by Crippen LogP contribution is -1.86. The van der Waals surface area contributed by atoms with E-state index >= 15 is 0 Å². The molecule has 1 rings (SSSR count). The van der Waals surface area contributed by atoms with Gasteiger partial charge in [0.15, 0.2) is 0 Å². The summed E-state index contributed by atoms with van der Waals surface area (Å²) in [5, 5.41) is 0. The topological polar surface area (TPSA) is 0 Å². The largest absolute Gasteiger partial charge is 0.0654 e. The van der Waals surface area contributed by atoms with Crippen molar-refractivity contribution in [2.45, 2.75) is 193 Å². The zero-order valence-electron chi connectivity index (χ0n) is 24.8. The summed E-state index contributed by atoms with van der Waals surface area (Å²) in [5.41, 5.74) is 1.48. The second-order valence-corrected chi connectivity index (χ2v) is 11.7. The number of unbranched alkanes of at least 4 members (excludes halogenated alkanes) is 27. The van der Waals surface area contributed by atoms with Crippen molar-refractivity contribution < 1.29 is 0 Å². The first kappa shape index (κ1) is 33.2. The van der Waals surface area contributed by atoms with Crippen LogP contribution in [0.15, 0.2) is 24.3 Å². The Kier molecular flexibility index (Phi) is 26.6. The van der Waals surface area contributed by atoms with Gasteiger partial charge in [-0.05, 0) is 24.5 Å². The summed E-state index contributed by atoms with van der Waals surface area (Å²) in [6.07, 6.45) is 42.3. The second-order valence-electron chi connectivity index (χ2n) is 11.7. The third kappa shape index (κ3) is 24.9. The monoisotopic (exact) mass is 498 g/mol. The lowest BCUT2D eigenvalue weighted by atomic mass is 10.0. The van der Waals surface area contributed by atoms with E-state index in [0.717, 1.165) is 0 Å². The van der Waals surface area contributed by atoms with E-state index in [0.29, 0.717) is 0 Å². The zero-order valence-corrected chi connectivity index (χ0v) is 24.8. The maximum Gasteiger partial charge on any atom is -0.0184 e. The molecule has 0 unspecified atom stereocenters. The van der Waals surface area contributed by atoms with Crippen molar-refractivity contribution in [2.75, 3.05) is 0 Å². The Bertz CT molecular complexity index is 504. The number of hydrogen-bond donors (Lipinski definition) is 0. The fraction of sp³-hybridized carbons (Fsp3) is 0.833. The average Bonchev–Trinajstić information content (AvgIpc) is 2.91. The van der Waals surface area contributed by atoms with E-state index in [4.69, 9.17) is 0 Å². The Morgan fingerprint density at radius 1 is 0.361 bits per heavy atom. The van der Waals surface area contributed by atoms with E-state index in [2.05, 4.69) is 25.1 Å². The molecular weight excluding hydrogens is 432 g/mol. The molecule has 0 amide bonds. The molecule has 0 nitrogen and oxygen atoms in total. The smallest absolute Gasteiger partial charge is 0.0184 e. The van der Waals surface area contributed by atoms with Gasteiger partial charge in [0.2, 0.25) is 0 Å². The van der Waals surface area contributed by atoms with Crippen molar-refractivity contribution in [2.24, 2.45) is 0 Å². The van der Waals surface area contributed by atoms with Crippen LogP contribution in [0.5, 0.6) is 0 Å². The van der Waals surface area contributed by atoms with Crippen LogP contribution in [-0.2, 0) is 6.42 Å². The third-order valence-corrected chi connectivity index (χ3v) is 8.11. The van der Waals surface area contributed by atoms with Crippen LogP contribution in [0.4, 0.5) is 0 Å². The predicted octanol–water partition coefficient (Wildman–Crippen LogP) is 13.0. The van der Waals surface area contributed by atoms with Gasteiger partial charge in [0.25, 0.3) is 0 Å². The summed E-state index contributed by atoms with van der Waals surface area (Å²) in [4.78, 5) is 0. The number of rotatable bonds is 29. The average molecular weight is 498 g/mol. The summed E-state index contributed by atoms with van der Waals surface area (Å²) >= 11 is 0. The molecule has 0 spiro atoms. The highest BCUT2D eigenvalue weighted by atomic mass is 14.0. The first-order valence-electron chi connectivity index (χ1n) is 16.9. The van der Waals surface area contributed by atoms with Crippen LogP contribution >= 0.6 is 0 Å². The Morgan fingerprint density at radius 3 is 0.889 bits per heavy atom. The van der Waals surface area contributed by atoms with E-state index in [1.54, 1.807) is 0 Å². The standard InChI is InChI=1S/C36H65/c1-2-3-4-5-6-7-8-9-10-11-12-13-14-15-16-17-18-19-20-21-22-23-24-25-26-27-28-30-33-36-34-31-29-32-35-36/h31-32,34-35H,2-28,30,33H2,1H3. The van der Waals surface area contributed by atoms with E-state index in [1.807, 2.05) is 12.1 Å². The molecule has 0 aliphatic rings. The van der Waals surface area contributed by atoms with Crippen LogP contribution in [0.25, 0.3) is 0 Å². The fourth-order valence-electron chi connectivity index (χ4n) is 5.59. The SMILES string of the molecule is CCCCCCCCCCCCCCCCCCCCCCCCCCCCCCc1cc[c]cc1. The maximum atomic E-state index is 3.11. The van der Waals surface area contributed by atoms with Gasteiger partial charge in [-0.1, -0.05) is 205 Å². The van der Waals surface area contributed by atoms with Gasteiger partial charge in [-0.3, -0.25) is 0 Å². The Morgan fingerprint density at radius 2 is 0.611 bits per heavy atom. The van der Waals surface area contributed by atoms with Crippen molar-refractivity contribution in [1.29, 1.82) is 0 Å². The minimum atomic E-state index is 1.24. The summed E-state index contributed by atoms with van der Waals surface area (Å²) in [5.74, 6) is 0. The highest BCUT2D eigenvalue weighted by Crippen LogP contribution is 2.16. The maximum absolute atomic E-state index is 3.11. The van der Waals surface area contributed by atoms with Crippen LogP contribution in [0.3, 0.4) is 0 Å². The van der Waals surface area contributed by atoms with E-state index in [1.165, 1.54) is 192 Å². The van der Waals surface area contributed by atoms with Crippen LogP contribution in [-0.4, -0.2) is 0 Å². The summed E-state index contributed by atoms with van der Waals surface area (Å²) in [7, 11) is 0. The molecule has 0 N–H and O–H groups in total. The van der Waals surface area contributed by atoms with Gasteiger partial charge in [0.05, 0.1) is 0 Å². The van der Waals surface area contributed by atoms with Crippen molar-refractivity contribution >= 4 is 0 Å². The fourth-order valence-corrected chi connectivity index (χ4v) is 5.59. The highest BCUT2D eigenvalue weighted by molar-refractivity contribution is 5.13. The highest BCUT2D eigenvalue weighted by Gasteiger charge is 1.97. The normalized spacial score (nSPS) is 11.4. The minimum absolute atomic E-state index is 1.24. The van der Waals surface area contributed by atoms with E-state index in [9.17, 15) is 0 Å². The molecule has 0 aliphatic heterocycles. The van der Waals surface area contributed by atoms with Crippen molar-refractivity contribution in [1.82, 2.24) is 0 Å². The molecule has 0 saturated heterocycles. The van der Waals surface area contributed by atoms with Crippen molar-refractivity contribution in [3.63, 3.8) is 0 Å². The van der Waals surface area contributed by atoms with Gasteiger partial charge < -0.3 is 0 Å². The predicted molar refractivity (Wildman–Crippen MR) is 164 cm³/mol. The first-order valence-corrected chi connectivity index (χ1v) is 16.9. The molecule has 1 aromatic carbocycles. The van der Waals surface area contributed by atoms with E-state index in [-0.39, 0.29) is 0 Å². The van der Waals surface area contributed by atoms with Gasteiger partial charge in [0.1, 0.15) is 0 Å². The lowest BCUT2D eigenvalue weighted by Gasteiger charge is -2.05. The molecule has 1 aromatic rings. The van der Waals surface area contributed by atoms with Gasteiger partial charge in [-0.2, -0.15) is 0 Å². The number of hydrogen-bond acceptors (Lipinski definition) is 0. The van der Waals surface area contributed by atoms with Gasteiger partial charge >= 0.3 is 0 Å². The van der Waals surface area contributed by atoms with Crippen molar-refractivity contribution in [3.8, 4) is 0 Å². The minimum Gasteiger partial charge on any atom is -0.0654 e. The van der Waals surface area contributed by atoms with Crippen LogP contribution in [0.2, 0.25) is 0 Å². The van der Waals surface area contributed by atoms with Crippen LogP contribution in [0, 0.1) is 6.07 Å². The third-order valence-electron chi connectivity index (χ3n) is 8.11. The molecule has 0 bridgehead atoms. The molecule has 0 heterocycles. The van der Waals surface area contributed by atoms with Crippen LogP contribution < -0.4 is 0 Å². The molecule has 209 valence electrons. The Hall–Kier alpha value is -0.780. The molecule has 0 aromatic heterocycles. The summed E-state index contributed by atoms with van der Waals surface area (Å²) in [6.45, 7) is 2.31. The molecule has 36 heavy (non-hydrogen) atoms. The van der Waals surface area contributed by atoms with Gasteiger partial charge in [-0.15, -0.1) is 0 Å². The zero-order chi connectivity index (χ0) is 25.6. The lowest BCUT2D eigenvalue weighted by molar-refractivity contribution is 0.514. The van der Waals surface area contributed by atoms with Crippen LogP contribution in [0.1, 0.15) is 192 Å². The molecule has 0 atom stereocenters. The summed E-state index contributed by atoms with van der Waals surface area (Å²) < 4.78 is 0. The molecule has 1 radical (unpaired) electrons. The summed E-state index contributed by atoms with van der Waals surface area (Å²) in [6, 6.07) is 11.6. The molecule has 0 fully saturated rings. The van der Waals surface area contributed by atoms with Gasteiger partial charge in [-0.25, -0.2) is 0 Å². The first-order chi connectivity index (χ1) is 17.9. The molecule has 0 heteroatoms. The second kappa shape index (κ2) is 28.8. The number of aryl methyl sites for hydroxylation is 1. The molecule has 0 saturated carbocycles. The van der Waals surface area contributed by atoms with Crippen molar-refractivity contribution in [3.05, 3.63) is 35.9 Å². The quantitative estimate of drug-likeness (QED) is 0.0965.